The molecule has 1 heteroatoms. The third kappa shape index (κ3) is 2.19. The van der Waals surface area contributed by atoms with Gasteiger partial charge in [0.1, 0.15) is 0 Å². The predicted molar refractivity (Wildman–Crippen MR) is 49.8 cm³/mol. The van der Waals surface area contributed by atoms with Gasteiger partial charge < -0.3 is 4.90 Å². The Kier molecular flexibility index (Phi) is 3.38. The van der Waals surface area contributed by atoms with Gasteiger partial charge in [-0.2, -0.15) is 0 Å². The number of rotatable bonds is 2. The van der Waals surface area contributed by atoms with E-state index in [9.17, 15) is 0 Å². The summed E-state index contributed by atoms with van der Waals surface area (Å²) in [6, 6.07) is 1.70. The Balaban J connectivity index is 2.38. The highest BCUT2D eigenvalue weighted by Crippen LogP contribution is 2.23. The average Bonchev–Trinajstić information content (AvgIpc) is 1.99. The predicted octanol–water partition coefficient (Wildman–Crippen LogP) is 2.66. The first-order chi connectivity index (χ1) is 5.25. The third-order valence-corrected chi connectivity index (χ3v) is 3.05. The lowest BCUT2D eigenvalue weighted by Gasteiger charge is -2.37. The van der Waals surface area contributed by atoms with E-state index < -0.39 is 0 Å². The molecule has 1 aliphatic rings. The molecule has 2 unspecified atom stereocenters. The van der Waals surface area contributed by atoms with Crippen molar-refractivity contribution < 1.29 is 0 Å². The van der Waals surface area contributed by atoms with E-state index in [1.165, 1.54) is 32.1 Å². The lowest BCUT2D eigenvalue weighted by molar-refractivity contribution is 0.118. The van der Waals surface area contributed by atoms with E-state index in [1.807, 2.05) is 0 Å². The van der Waals surface area contributed by atoms with Gasteiger partial charge in [0, 0.05) is 12.1 Å². The van der Waals surface area contributed by atoms with Crippen molar-refractivity contribution >= 4 is 0 Å². The summed E-state index contributed by atoms with van der Waals surface area (Å²) in [6.45, 7) is 4.63. The Morgan fingerprint density at radius 3 is 2.73 bits per heavy atom. The third-order valence-electron chi connectivity index (χ3n) is 3.05. The SMILES string of the molecule is CCCC1CCCC(C)N1C. The standard InChI is InChI=1S/C10H21N/c1-4-6-10-8-5-7-9(2)11(10)3/h9-10H,4-8H2,1-3H3. The highest BCUT2D eigenvalue weighted by atomic mass is 15.2. The molecule has 1 nitrogen and oxygen atoms in total. The zero-order valence-corrected chi connectivity index (χ0v) is 8.14. The molecule has 1 saturated heterocycles. The van der Waals surface area contributed by atoms with E-state index in [0.717, 1.165) is 12.1 Å². The Hall–Kier alpha value is -0.0400. The van der Waals surface area contributed by atoms with Crippen molar-refractivity contribution in [3.63, 3.8) is 0 Å². The largest absolute Gasteiger partial charge is 0.301 e. The smallest absolute Gasteiger partial charge is 0.00949 e. The molecule has 1 aliphatic heterocycles. The van der Waals surface area contributed by atoms with Gasteiger partial charge in [-0.1, -0.05) is 19.8 Å². The van der Waals surface area contributed by atoms with Crippen molar-refractivity contribution in [2.24, 2.45) is 0 Å². The minimum atomic E-state index is 0.820. The van der Waals surface area contributed by atoms with Crippen LogP contribution in [0.2, 0.25) is 0 Å². The Morgan fingerprint density at radius 2 is 2.09 bits per heavy atom. The van der Waals surface area contributed by atoms with Gasteiger partial charge >= 0.3 is 0 Å². The van der Waals surface area contributed by atoms with Gasteiger partial charge in [0.05, 0.1) is 0 Å². The zero-order valence-electron chi connectivity index (χ0n) is 8.14. The highest BCUT2D eigenvalue weighted by molar-refractivity contribution is 4.78. The first kappa shape index (κ1) is 9.05. The Morgan fingerprint density at radius 1 is 1.36 bits per heavy atom. The van der Waals surface area contributed by atoms with E-state index in [4.69, 9.17) is 0 Å². The molecule has 0 amide bonds. The molecular weight excluding hydrogens is 134 g/mol. The first-order valence-corrected chi connectivity index (χ1v) is 4.97. The number of hydrogen-bond donors (Lipinski definition) is 0. The minimum absolute atomic E-state index is 0.820. The van der Waals surface area contributed by atoms with Crippen LogP contribution in [0.3, 0.4) is 0 Å². The molecule has 1 heterocycles. The van der Waals surface area contributed by atoms with Crippen LogP contribution in [0.25, 0.3) is 0 Å². The molecule has 1 rings (SSSR count). The number of piperidine rings is 1. The molecule has 0 saturated carbocycles. The molecule has 0 N–H and O–H groups in total. The van der Waals surface area contributed by atoms with Crippen LogP contribution in [0.4, 0.5) is 0 Å². The van der Waals surface area contributed by atoms with Crippen molar-refractivity contribution in [3.8, 4) is 0 Å². The molecule has 0 aromatic heterocycles. The van der Waals surface area contributed by atoms with E-state index in [2.05, 4.69) is 25.8 Å². The molecule has 66 valence electrons. The summed E-state index contributed by atoms with van der Waals surface area (Å²) < 4.78 is 0. The van der Waals surface area contributed by atoms with Gasteiger partial charge in [0.25, 0.3) is 0 Å². The summed E-state index contributed by atoms with van der Waals surface area (Å²) >= 11 is 0. The maximum absolute atomic E-state index is 2.56. The quantitative estimate of drug-likeness (QED) is 0.592. The van der Waals surface area contributed by atoms with E-state index >= 15 is 0 Å². The van der Waals surface area contributed by atoms with E-state index in [-0.39, 0.29) is 0 Å². The molecule has 0 bridgehead atoms. The lowest BCUT2D eigenvalue weighted by atomic mass is 9.94. The normalized spacial score (nSPS) is 34.1. The molecule has 0 aromatic rings. The fourth-order valence-corrected chi connectivity index (χ4v) is 2.10. The molecule has 0 radical (unpaired) electrons. The Labute approximate surface area is 70.8 Å². The van der Waals surface area contributed by atoms with Crippen LogP contribution in [-0.2, 0) is 0 Å². The molecule has 0 aliphatic carbocycles. The lowest BCUT2D eigenvalue weighted by Crippen LogP contribution is -2.42. The second kappa shape index (κ2) is 4.10. The number of likely N-dealkylation sites (tertiary alicyclic amines) is 1. The summed E-state index contributed by atoms with van der Waals surface area (Å²) in [6.07, 6.45) is 6.99. The summed E-state index contributed by atoms with van der Waals surface area (Å²) in [4.78, 5) is 2.56. The van der Waals surface area contributed by atoms with Crippen molar-refractivity contribution in [1.29, 1.82) is 0 Å². The summed E-state index contributed by atoms with van der Waals surface area (Å²) in [5, 5.41) is 0. The number of hydrogen-bond acceptors (Lipinski definition) is 1. The highest BCUT2D eigenvalue weighted by Gasteiger charge is 2.22. The van der Waals surface area contributed by atoms with Crippen LogP contribution in [0, 0.1) is 0 Å². The van der Waals surface area contributed by atoms with Crippen LogP contribution in [-0.4, -0.2) is 24.0 Å². The van der Waals surface area contributed by atoms with Crippen molar-refractivity contribution in [2.75, 3.05) is 7.05 Å². The number of nitrogens with zero attached hydrogens (tertiary/aromatic N) is 1. The van der Waals surface area contributed by atoms with Gasteiger partial charge in [0.2, 0.25) is 0 Å². The molecule has 11 heavy (non-hydrogen) atoms. The van der Waals surface area contributed by atoms with Crippen LogP contribution in [0.15, 0.2) is 0 Å². The van der Waals surface area contributed by atoms with Crippen molar-refractivity contribution in [1.82, 2.24) is 4.90 Å². The van der Waals surface area contributed by atoms with E-state index in [1.54, 1.807) is 0 Å². The van der Waals surface area contributed by atoms with Gasteiger partial charge in [0.15, 0.2) is 0 Å². The molecule has 0 aromatic carbocycles. The molecule has 2 atom stereocenters. The summed E-state index contributed by atoms with van der Waals surface area (Å²) in [5.41, 5.74) is 0. The van der Waals surface area contributed by atoms with E-state index in [0.29, 0.717) is 0 Å². The molecular formula is C10H21N. The summed E-state index contributed by atoms with van der Waals surface area (Å²) in [5.74, 6) is 0. The average molecular weight is 155 g/mol. The second-order valence-corrected chi connectivity index (χ2v) is 3.89. The molecule has 0 spiro atoms. The monoisotopic (exact) mass is 155 g/mol. The first-order valence-electron chi connectivity index (χ1n) is 4.97. The zero-order chi connectivity index (χ0) is 8.27. The molecule has 1 fully saturated rings. The second-order valence-electron chi connectivity index (χ2n) is 3.89. The van der Waals surface area contributed by atoms with Crippen molar-refractivity contribution in [3.05, 3.63) is 0 Å². The van der Waals surface area contributed by atoms with Crippen LogP contribution < -0.4 is 0 Å². The fourth-order valence-electron chi connectivity index (χ4n) is 2.10. The fraction of sp³-hybridized carbons (Fsp3) is 1.00. The van der Waals surface area contributed by atoms with Gasteiger partial charge in [-0.05, 0) is 33.2 Å². The maximum Gasteiger partial charge on any atom is 0.00949 e. The van der Waals surface area contributed by atoms with Gasteiger partial charge in [-0.3, -0.25) is 0 Å². The Bertz CT molecular complexity index is 109. The van der Waals surface area contributed by atoms with Crippen LogP contribution in [0.1, 0.15) is 46.0 Å². The van der Waals surface area contributed by atoms with Crippen molar-refractivity contribution in [2.45, 2.75) is 58.0 Å². The van der Waals surface area contributed by atoms with Gasteiger partial charge in [-0.15, -0.1) is 0 Å². The van der Waals surface area contributed by atoms with Gasteiger partial charge in [-0.25, -0.2) is 0 Å². The van der Waals surface area contributed by atoms with Crippen LogP contribution >= 0.6 is 0 Å². The van der Waals surface area contributed by atoms with Crippen LogP contribution in [0.5, 0.6) is 0 Å². The minimum Gasteiger partial charge on any atom is -0.301 e. The topological polar surface area (TPSA) is 3.24 Å². The summed E-state index contributed by atoms with van der Waals surface area (Å²) in [7, 11) is 2.28. The maximum atomic E-state index is 2.56.